The van der Waals surface area contributed by atoms with E-state index >= 15 is 0 Å². The lowest BCUT2D eigenvalue weighted by Crippen LogP contribution is -2.34. The van der Waals surface area contributed by atoms with Gasteiger partial charge in [0.2, 0.25) is 0 Å². The third kappa shape index (κ3) is 4.67. The van der Waals surface area contributed by atoms with Crippen molar-refractivity contribution < 1.29 is 17.9 Å². The number of carbonyl (C=O) groups excluding carboxylic acids is 1. The maximum atomic E-state index is 11.8. The van der Waals surface area contributed by atoms with Crippen LogP contribution < -0.4 is 10.3 Å². The molecule has 0 saturated carbocycles. The average molecular weight is 290 g/mol. The van der Waals surface area contributed by atoms with Crippen LogP contribution >= 0.6 is 0 Å². The molecule has 106 valence electrons. The van der Waals surface area contributed by atoms with Gasteiger partial charge < -0.3 is 4.74 Å². The summed E-state index contributed by atoms with van der Waals surface area (Å²) in [7, 11) is -1.31. The normalized spacial score (nSPS) is 11.3. The Hall–Kier alpha value is -1.94. The second kappa shape index (κ2) is 6.29. The number of aromatic nitrogens is 2. The number of methoxy groups -OCH3 is 1. The van der Waals surface area contributed by atoms with Gasteiger partial charge in [0.15, 0.2) is 5.82 Å². The number of rotatable bonds is 6. The van der Waals surface area contributed by atoms with E-state index in [1.807, 2.05) is 0 Å². The number of esters is 1. The fourth-order valence-electron chi connectivity index (χ4n) is 1.08. The van der Waals surface area contributed by atoms with E-state index in [0.717, 1.165) is 10.4 Å². The lowest BCUT2D eigenvalue weighted by atomic mass is 10.4. The predicted molar refractivity (Wildman–Crippen MR) is 66.7 cm³/mol. The molecular formula is C9H14N4O5S. The molecule has 10 heteroatoms. The van der Waals surface area contributed by atoms with Crippen LogP contribution in [-0.4, -0.2) is 49.6 Å². The third-order valence-electron chi connectivity index (χ3n) is 2.18. The molecule has 0 unspecified atom stereocenters. The highest BCUT2D eigenvalue weighted by Gasteiger charge is 2.19. The number of hydrogen-bond acceptors (Lipinski definition) is 6. The molecular weight excluding hydrogens is 276 g/mol. The van der Waals surface area contributed by atoms with Crippen LogP contribution in [0.3, 0.4) is 0 Å². The van der Waals surface area contributed by atoms with Gasteiger partial charge in [-0.25, -0.2) is 5.10 Å². The van der Waals surface area contributed by atoms with Gasteiger partial charge in [-0.2, -0.15) is 17.8 Å². The SMILES string of the molecule is COC(=O)CCN(C)S(=O)(=O)Nc1ccc(=O)[nH]n1. The minimum Gasteiger partial charge on any atom is -0.469 e. The van der Waals surface area contributed by atoms with Gasteiger partial charge in [0, 0.05) is 19.7 Å². The summed E-state index contributed by atoms with van der Waals surface area (Å²) in [6.07, 6.45) is -0.0625. The van der Waals surface area contributed by atoms with Gasteiger partial charge in [-0.3, -0.25) is 14.3 Å². The quantitative estimate of drug-likeness (QED) is 0.643. The van der Waals surface area contributed by atoms with E-state index in [2.05, 4.69) is 19.7 Å². The van der Waals surface area contributed by atoms with Crippen molar-refractivity contribution in [2.24, 2.45) is 0 Å². The highest BCUT2D eigenvalue weighted by atomic mass is 32.2. The van der Waals surface area contributed by atoms with Gasteiger partial charge in [0.25, 0.3) is 5.56 Å². The van der Waals surface area contributed by atoms with E-state index in [0.29, 0.717) is 0 Å². The van der Waals surface area contributed by atoms with Gasteiger partial charge in [-0.15, -0.1) is 0 Å². The van der Waals surface area contributed by atoms with E-state index in [-0.39, 0.29) is 18.8 Å². The largest absolute Gasteiger partial charge is 0.469 e. The van der Waals surface area contributed by atoms with E-state index in [1.165, 1.54) is 20.2 Å². The topological polar surface area (TPSA) is 121 Å². The summed E-state index contributed by atoms with van der Waals surface area (Å²) < 4.78 is 31.1. The Morgan fingerprint density at radius 2 is 2.21 bits per heavy atom. The van der Waals surface area contributed by atoms with Crippen molar-refractivity contribution in [3.63, 3.8) is 0 Å². The number of anilines is 1. The van der Waals surface area contributed by atoms with E-state index in [1.54, 1.807) is 0 Å². The van der Waals surface area contributed by atoms with Crippen LogP contribution in [0.2, 0.25) is 0 Å². The number of aromatic amines is 1. The van der Waals surface area contributed by atoms with Crippen molar-refractivity contribution in [3.8, 4) is 0 Å². The summed E-state index contributed by atoms with van der Waals surface area (Å²) in [5.74, 6) is -0.534. The average Bonchev–Trinajstić information content (AvgIpc) is 2.37. The molecule has 9 nitrogen and oxygen atoms in total. The number of H-pyrrole nitrogens is 1. The summed E-state index contributed by atoms with van der Waals surface area (Å²) in [6, 6.07) is 2.36. The molecule has 19 heavy (non-hydrogen) atoms. The Labute approximate surface area is 109 Å². The van der Waals surface area contributed by atoms with Crippen molar-refractivity contribution in [3.05, 3.63) is 22.5 Å². The van der Waals surface area contributed by atoms with Crippen molar-refractivity contribution in [2.45, 2.75) is 6.42 Å². The molecule has 0 aliphatic rings. The molecule has 0 aliphatic heterocycles. The summed E-state index contributed by atoms with van der Waals surface area (Å²) in [5.41, 5.74) is -0.443. The highest BCUT2D eigenvalue weighted by Crippen LogP contribution is 2.05. The van der Waals surface area contributed by atoms with Crippen LogP contribution in [0, 0.1) is 0 Å². The lowest BCUT2D eigenvalue weighted by Gasteiger charge is -2.16. The van der Waals surface area contributed by atoms with Crippen LogP contribution in [0.1, 0.15) is 6.42 Å². The zero-order chi connectivity index (χ0) is 14.5. The zero-order valence-electron chi connectivity index (χ0n) is 10.4. The van der Waals surface area contributed by atoms with Crippen molar-refractivity contribution >= 4 is 22.0 Å². The van der Waals surface area contributed by atoms with Gasteiger partial charge >= 0.3 is 16.2 Å². The summed E-state index contributed by atoms with van der Waals surface area (Å²) in [6.45, 7) is -0.0363. The van der Waals surface area contributed by atoms with Crippen LogP contribution in [0.5, 0.6) is 0 Å². The molecule has 1 aromatic heterocycles. The first kappa shape index (κ1) is 15.1. The Morgan fingerprint density at radius 3 is 2.74 bits per heavy atom. The Kier molecular flexibility index (Phi) is 5.01. The first-order valence-corrected chi connectivity index (χ1v) is 6.66. The predicted octanol–water partition coefficient (Wildman–Crippen LogP) is -1.08. The van der Waals surface area contributed by atoms with Crippen molar-refractivity contribution in [1.29, 1.82) is 0 Å². The van der Waals surface area contributed by atoms with Gasteiger partial charge in [-0.1, -0.05) is 0 Å². The molecule has 0 amide bonds. The number of ether oxygens (including phenoxy) is 1. The van der Waals surface area contributed by atoms with Crippen LogP contribution in [0.4, 0.5) is 5.82 Å². The van der Waals surface area contributed by atoms with E-state index in [9.17, 15) is 18.0 Å². The molecule has 0 spiro atoms. The first-order chi connectivity index (χ1) is 8.85. The fraction of sp³-hybridized carbons (Fsp3) is 0.444. The molecule has 1 rings (SSSR count). The molecule has 0 radical (unpaired) electrons. The monoisotopic (exact) mass is 290 g/mol. The van der Waals surface area contributed by atoms with Crippen LogP contribution in [0.15, 0.2) is 16.9 Å². The maximum Gasteiger partial charge on any atom is 0.306 e. The molecule has 0 atom stereocenters. The first-order valence-electron chi connectivity index (χ1n) is 5.22. The minimum atomic E-state index is -3.84. The molecule has 1 heterocycles. The Bertz CT molecular complexity index is 576. The summed E-state index contributed by atoms with van der Waals surface area (Å²) in [5, 5.41) is 5.61. The number of nitrogens with one attached hydrogen (secondary N) is 2. The number of nitrogens with zero attached hydrogens (tertiary/aromatic N) is 2. The fourth-order valence-corrected chi connectivity index (χ4v) is 1.95. The Balaban J connectivity index is 2.67. The number of hydrogen-bond donors (Lipinski definition) is 2. The van der Waals surface area contributed by atoms with Gasteiger partial charge in [0.05, 0.1) is 13.5 Å². The second-order valence-electron chi connectivity index (χ2n) is 3.56. The summed E-state index contributed by atoms with van der Waals surface area (Å²) in [4.78, 5) is 21.7. The molecule has 1 aromatic rings. The molecule has 0 aliphatic carbocycles. The van der Waals surface area contributed by atoms with E-state index in [4.69, 9.17) is 0 Å². The van der Waals surface area contributed by atoms with E-state index < -0.39 is 21.7 Å². The second-order valence-corrected chi connectivity index (χ2v) is 5.34. The van der Waals surface area contributed by atoms with Crippen molar-refractivity contribution in [2.75, 3.05) is 25.4 Å². The van der Waals surface area contributed by atoms with Crippen molar-refractivity contribution in [1.82, 2.24) is 14.5 Å². The minimum absolute atomic E-state index is 0.0236. The zero-order valence-corrected chi connectivity index (χ0v) is 11.2. The number of carbonyl (C=O) groups is 1. The molecule has 0 saturated heterocycles. The molecule has 2 N–H and O–H groups in total. The third-order valence-corrected chi connectivity index (χ3v) is 3.65. The van der Waals surface area contributed by atoms with Crippen LogP contribution in [0.25, 0.3) is 0 Å². The van der Waals surface area contributed by atoms with Gasteiger partial charge in [-0.05, 0) is 6.07 Å². The highest BCUT2D eigenvalue weighted by molar-refractivity contribution is 7.90. The van der Waals surface area contributed by atoms with Gasteiger partial charge in [0.1, 0.15) is 0 Å². The smallest absolute Gasteiger partial charge is 0.306 e. The Morgan fingerprint density at radius 1 is 1.53 bits per heavy atom. The molecule has 0 bridgehead atoms. The molecule has 0 aromatic carbocycles. The maximum absolute atomic E-state index is 11.8. The standard InChI is InChI=1S/C9H14N4O5S/c1-13(6-5-9(15)18-2)19(16,17)12-7-3-4-8(14)11-10-7/h3-4H,5-6H2,1-2H3,(H,10,12)(H,11,14). The van der Waals surface area contributed by atoms with Crippen LogP contribution in [-0.2, 0) is 19.7 Å². The molecule has 0 fully saturated rings. The lowest BCUT2D eigenvalue weighted by molar-refractivity contribution is -0.140. The summed E-state index contributed by atoms with van der Waals surface area (Å²) >= 11 is 0.